The monoisotopic (exact) mass is 433 g/mol. The van der Waals surface area contributed by atoms with Gasteiger partial charge in [-0.2, -0.15) is 13.2 Å². The number of benzene rings is 1. The summed E-state index contributed by atoms with van der Waals surface area (Å²) in [6, 6.07) is 5.29. The fraction of sp³-hybridized carbons (Fsp3) is 0.471. The lowest BCUT2D eigenvalue weighted by molar-refractivity contribution is -0.141. The van der Waals surface area contributed by atoms with Crippen molar-refractivity contribution in [1.29, 1.82) is 0 Å². The van der Waals surface area contributed by atoms with Gasteiger partial charge in [0.15, 0.2) is 5.16 Å². The summed E-state index contributed by atoms with van der Waals surface area (Å²) in [4.78, 5) is 13.7. The van der Waals surface area contributed by atoms with Gasteiger partial charge in [0.1, 0.15) is 12.4 Å². The molecule has 1 saturated heterocycles. The van der Waals surface area contributed by atoms with Gasteiger partial charge in [-0.1, -0.05) is 11.8 Å². The van der Waals surface area contributed by atoms with Crippen molar-refractivity contribution in [2.75, 3.05) is 42.3 Å². The molecule has 1 aromatic heterocycles. The van der Waals surface area contributed by atoms with E-state index in [4.69, 9.17) is 4.74 Å². The number of carbonyl (C=O) groups is 1. The minimum absolute atomic E-state index is 0.0494. The molecule has 2 heterocycles. The number of hydrogen-bond acceptors (Lipinski definition) is 6. The van der Waals surface area contributed by atoms with Gasteiger partial charge >= 0.3 is 6.18 Å². The normalized spacial score (nSPS) is 14.8. The van der Waals surface area contributed by atoms with E-state index in [-0.39, 0.29) is 29.2 Å². The molecule has 1 N–H and O–H groups in total. The van der Waals surface area contributed by atoms with Crippen molar-refractivity contribution >= 4 is 29.3 Å². The first-order valence-corrected chi connectivity index (χ1v) is 9.81. The van der Waals surface area contributed by atoms with Crippen LogP contribution in [0.4, 0.5) is 29.2 Å². The summed E-state index contributed by atoms with van der Waals surface area (Å²) >= 11 is 1.02. The molecule has 3 rings (SSSR count). The maximum Gasteiger partial charge on any atom is 0.406 e. The topological polar surface area (TPSA) is 72.3 Å². The van der Waals surface area contributed by atoms with E-state index in [0.717, 1.165) is 16.3 Å². The maximum atomic E-state index is 13.0. The third-order valence-corrected chi connectivity index (χ3v) is 4.99. The third kappa shape index (κ3) is 6.32. The number of halogens is 4. The number of thioether (sulfide) groups is 1. The molecule has 29 heavy (non-hydrogen) atoms. The van der Waals surface area contributed by atoms with Gasteiger partial charge in [-0.15, -0.1) is 10.2 Å². The van der Waals surface area contributed by atoms with Crippen molar-refractivity contribution < 1.29 is 27.1 Å². The molecule has 1 aliphatic heterocycles. The first-order chi connectivity index (χ1) is 13.8. The number of alkyl halides is 3. The Kier molecular flexibility index (Phi) is 6.96. The maximum absolute atomic E-state index is 13.0. The quantitative estimate of drug-likeness (QED) is 0.535. The fourth-order valence-electron chi connectivity index (χ4n) is 2.69. The Hall–Kier alpha value is -2.34. The molecule has 0 atom stereocenters. The number of ether oxygens (including phenoxy) is 1. The van der Waals surface area contributed by atoms with Crippen LogP contribution in [0, 0.1) is 5.82 Å². The van der Waals surface area contributed by atoms with Crippen LogP contribution in [0.25, 0.3) is 0 Å². The van der Waals surface area contributed by atoms with Gasteiger partial charge in [0.25, 0.3) is 0 Å². The molecule has 1 aliphatic rings. The highest BCUT2D eigenvalue weighted by atomic mass is 32.2. The van der Waals surface area contributed by atoms with E-state index in [0.29, 0.717) is 32.0 Å². The Morgan fingerprint density at radius 3 is 2.52 bits per heavy atom. The predicted molar refractivity (Wildman–Crippen MR) is 99.5 cm³/mol. The van der Waals surface area contributed by atoms with Crippen molar-refractivity contribution in [2.45, 2.75) is 24.3 Å². The summed E-state index contributed by atoms with van der Waals surface area (Å²) in [6.07, 6.45) is -4.38. The van der Waals surface area contributed by atoms with Crippen LogP contribution >= 0.6 is 11.8 Å². The molecule has 7 nitrogen and oxygen atoms in total. The van der Waals surface area contributed by atoms with Crippen LogP contribution in [-0.2, 0) is 16.1 Å². The van der Waals surface area contributed by atoms with Crippen LogP contribution in [0.2, 0.25) is 0 Å². The zero-order valence-electron chi connectivity index (χ0n) is 15.3. The lowest BCUT2D eigenvalue weighted by Gasteiger charge is -2.28. The summed E-state index contributed by atoms with van der Waals surface area (Å²) in [5, 5.41) is 10.5. The van der Waals surface area contributed by atoms with Gasteiger partial charge < -0.3 is 15.0 Å². The summed E-state index contributed by atoms with van der Waals surface area (Å²) in [6.45, 7) is 0.466. The summed E-state index contributed by atoms with van der Waals surface area (Å²) in [7, 11) is 0. The molecule has 0 unspecified atom stereocenters. The molecule has 0 radical (unpaired) electrons. The number of anilines is 2. The first-order valence-electron chi connectivity index (χ1n) is 8.83. The van der Waals surface area contributed by atoms with Crippen LogP contribution in [-0.4, -0.2) is 58.9 Å². The molecule has 158 valence electrons. The second-order valence-electron chi connectivity index (χ2n) is 6.24. The highest BCUT2D eigenvalue weighted by Crippen LogP contribution is 2.28. The Bertz CT molecular complexity index is 822. The zero-order chi connectivity index (χ0) is 20.9. The first kappa shape index (κ1) is 21.4. The van der Waals surface area contributed by atoms with Crippen LogP contribution in [0.15, 0.2) is 29.4 Å². The second-order valence-corrected chi connectivity index (χ2v) is 7.30. The average Bonchev–Trinajstić information content (AvgIpc) is 3.05. The van der Waals surface area contributed by atoms with Crippen LogP contribution in [0.5, 0.6) is 0 Å². The van der Waals surface area contributed by atoms with Gasteiger partial charge in [0, 0.05) is 31.0 Å². The van der Waals surface area contributed by atoms with Crippen molar-refractivity contribution in [3.05, 3.63) is 30.1 Å². The van der Waals surface area contributed by atoms with Crippen LogP contribution < -0.4 is 10.2 Å². The van der Waals surface area contributed by atoms with Crippen LogP contribution in [0.3, 0.4) is 0 Å². The summed E-state index contributed by atoms with van der Waals surface area (Å²) in [5.74, 6) is -0.395. The molecule has 12 heteroatoms. The molecule has 1 fully saturated rings. The number of morpholine rings is 1. The van der Waals surface area contributed by atoms with Crippen molar-refractivity contribution in [3.8, 4) is 0 Å². The van der Waals surface area contributed by atoms with Gasteiger partial charge in [-0.25, -0.2) is 4.39 Å². The van der Waals surface area contributed by atoms with Gasteiger partial charge in [0.2, 0.25) is 11.9 Å². The van der Waals surface area contributed by atoms with Gasteiger partial charge in [0.05, 0.1) is 13.2 Å². The number of amides is 1. The van der Waals surface area contributed by atoms with Gasteiger partial charge in [-0.3, -0.25) is 9.36 Å². The van der Waals surface area contributed by atoms with E-state index >= 15 is 0 Å². The smallest absolute Gasteiger partial charge is 0.378 e. The van der Waals surface area contributed by atoms with Crippen LogP contribution in [0.1, 0.15) is 6.42 Å². The van der Waals surface area contributed by atoms with E-state index in [1.54, 1.807) is 4.90 Å². The SMILES string of the molecule is O=C(CCSc1nnc(N2CCOCC2)n1CC(F)(F)F)Nc1ccc(F)cc1. The standard InChI is InChI=1S/C17H19F4N5O2S/c18-12-1-3-13(4-2-12)22-14(27)5-10-29-16-24-23-15(25-6-8-28-9-7-25)26(16)11-17(19,20)21/h1-4H,5-11H2,(H,22,27). The lowest BCUT2D eigenvalue weighted by Crippen LogP contribution is -2.38. The second kappa shape index (κ2) is 9.44. The lowest BCUT2D eigenvalue weighted by atomic mass is 10.3. The van der Waals surface area contributed by atoms with E-state index in [1.807, 2.05) is 0 Å². The summed E-state index contributed by atoms with van der Waals surface area (Å²) < 4.78 is 58.3. The third-order valence-electron chi connectivity index (χ3n) is 4.02. The Balaban J connectivity index is 1.61. The summed E-state index contributed by atoms with van der Waals surface area (Å²) in [5.41, 5.74) is 0.441. The van der Waals surface area contributed by atoms with Crippen molar-refractivity contribution in [2.24, 2.45) is 0 Å². The largest absolute Gasteiger partial charge is 0.406 e. The average molecular weight is 433 g/mol. The molecule has 2 aromatic rings. The Morgan fingerprint density at radius 2 is 1.86 bits per heavy atom. The van der Waals surface area contributed by atoms with E-state index in [9.17, 15) is 22.4 Å². The number of aromatic nitrogens is 3. The molecular weight excluding hydrogens is 414 g/mol. The van der Waals surface area contributed by atoms with E-state index < -0.39 is 18.5 Å². The number of nitrogens with zero attached hydrogens (tertiary/aromatic N) is 4. The number of nitrogens with one attached hydrogen (secondary N) is 1. The Morgan fingerprint density at radius 1 is 1.17 bits per heavy atom. The van der Waals surface area contributed by atoms with Crippen molar-refractivity contribution in [1.82, 2.24) is 14.8 Å². The van der Waals surface area contributed by atoms with E-state index in [1.165, 1.54) is 24.3 Å². The highest BCUT2D eigenvalue weighted by molar-refractivity contribution is 7.99. The minimum atomic E-state index is -4.43. The highest BCUT2D eigenvalue weighted by Gasteiger charge is 2.32. The molecule has 0 bridgehead atoms. The van der Waals surface area contributed by atoms with E-state index in [2.05, 4.69) is 15.5 Å². The molecule has 0 saturated carbocycles. The van der Waals surface area contributed by atoms with Crippen molar-refractivity contribution in [3.63, 3.8) is 0 Å². The molecule has 1 amide bonds. The zero-order valence-corrected chi connectivity index (χ0v) is 16.1. The molecule has 0 aliphatic carbocycles. The predicted octanol–water partition coefficient (Wildman–Crippen LogP) is 2.94. The van der Waals surface area contributed by atoms with Gasteiger partial charge in [-0.05, 0) is 24.3 Å². The number of hydrogen-bond donors (Lipinski definition) is 1. The molecular formula is C17H19F4N5O2S. The number of rotatable bonds is 7. The minimum Gasteiger partial charge on any atom is -0.378 e. The fourth-order valence-corrected chi connectivity index (χ4v) is 3.57. The molecule has 0 spiro atoms. The molecule has 1 aromatic carbocycles. The Labute approximate surface area is 168 Å². The number of carbonyl (C=O) groups excluding carboxylic acids is 1.